The summed E-state index contributed by atoms with van der Waals surface area (Å²) in [6.45, 7) is 6.77. The van der Waals surface area contributed by atoms with E-state index in [0.717, 1.165) is 15.0 Å². The van der Waals surface area contributed by atoms with Crippen molar-refractivity contribution in [3.05, 3.63) is 60.2 Å². The SMILES string of the molecule is CC/C=C/c1ccc(-c2ccccc2)cc1PC(C)C. The van der Waals surface area contributed by atoms with Gasteiger partial charge in [0.1, 0.15) is 0 Å². The molecule has 1 heteroatoms. The van der Waals surface area contributed by atoms with Crippen LogP contribution in [0, 0.1) is 0 Å². The van der Waals surface area contributed by atoms with Crippen molar-refractivity contribution in [2.24, 2.45) is 0 Å². The molecule has 2 rings (SSSR count). The van der Waals surface area contributed by atoms with Crippen LogP contribution < -0.4 is 5.30 Å². The van der Waals surface area contributed by atoms with Gasteiger partial charge in [-0.2, -0.15) is 0 Å². The van der Waals surface area contributed by atoms with E-state index in [0.29, 0.717) is 5.66 Å². The summed E-state index contributed by atoms with van der Waals surface area (Å²) in [6.07, 6.45) is 5.59. The van der Waals surface area contributed by atoms with E-state index in [1.807, 2.05) is 0 Å². The van der Waals surface area contributed by atoms with Crippen molar-refractivity contribution in [2.75, 3.05) is 0 Å². The van der Waals surface area contributed by atoms with Gasteiger partial charge in [0.15, 0.2) is 0 Å². The van der Waals surface area contributed by atoms with Crippen LogP contribution in [-0.2, 0) is 0 Å². The molecular formula is C19H23P. The summed E-state index contributed by atoms with van der Waals surface area (Å²) in [6, 6.07) is 17.5. The Morgan fingerprint density at radius 2 is 1.75 bits per heavy atom. The first-order valence-corrected chi connectivity index (χ1v) is 8.41. The fourth-order valence-corrected chi connectivity index (χ4v) is 3.39. The zero-order chi connectivity index (χ0) is 14.4. The van der Waals surface area contributed by atoms with Crippen molar-refractivity contribution < 1.29 is 0 Å². The highest BCUT2D eigenvalue weighted by molar-refractivity contribution is 7.48. The molecule has 2 aromatic rings. The first-order valence-electron chi connectivity index (χ1n) is 7.33. The van der Waals surface area contributed by atoms with Crippen LogP contribution in [-0.4, -0.2) is 5.66 Å². The van der Waals surface area contributed by atoms with Crippen LogP contribution in [0.1, 0.15) is 32.8 Å². The minimum Gasteiger partial charge on any atom is -0.0871 e. The molecule has 0 fully saturated rings. The monoisotopic (exact) mass is 282 g/mol. The average molecular weight is 282 g/mol. The summed E-state index contributed by atoms with van der Waals surface area (Å²) in [5, 5.41) is 1.48. The van der Waals surface area contributed by atoms with Gasteiger partial charge >= 0.3 is 0 Å². The average Bonchev–Trinajstić information content (AvgIpc) is 2.46. The molecule has 20 heavy (non-hydrogen) atoms. The van der Waals surface area contributed by atoms with Gasteiger partial charge in [-0.3, -0.25) is 0 Å². The van der Waals surface area contributed by atoms with E-state index < -0.39 is 0 Å². The largest absolute Gasteiger partial charge is 0.0871 e. The molecule has 0 heterocycles. The lowest BCUT2D eigenvalue weighted by atomic mass is 10.0. The molecule has 0 nitrogen and oxygen atoms in total. The molecule has 2 aromatic carbocycles. The molecule has 1 atom stereocenters. The predicted octanol–water partition coefficient (Wildman–Crippen LogP) is 5.49. The predicted molar refractivity (Wildman–Crippen MR) is 94.3 cm³/mol. The second kappa shape index (κ2) is 7.41. The third-order valence-electron chi connectivity index (χ3n) is 3.14. The lowest BCUT2D eigenvalue weighted by molar-refractivity contribution is 1.11. The molecule has 0 spiro atoms. The van der Waals surface area contributed by atoms with Crippen LogP contribution in [0.3, 0.4) is 0 Å². The second-order valence-electron chi connectivity index (χ2n) is 5.28. The van der Waals surface area contributed by atoms with Gasteiger partial charge in [-0.05, 0) is 40.1 Å². The molecule has 0 aromatic heterocycles. The molecule has 0 bridgehead atoms. The Labute approximate surface area is 124 Å². The highest BCUT2D eigenvalue weighted by atomic mass is 31.1. The van der Waals surface area contributed by atoms with E-state index in [4.69, 9.17) is 0 Å². The van der Waals surface area contributed by atoms with Crippen LogP contribution in [0.25, 0.3) is 17.2 Å². The van der Waals surface area contributed by atoms with Gasteiger partial charge in [-0.1, -0.05) is 84.0 Å². The summed E-state index contributed by atoms with van der Waals surface area (Å²) < 4.78 is 0. The Balaban J connectivity index is 2.40. The number of hydrogen-bond donors (Lipinski definition) is 0. The molecular weight excluding hydrogens is 259 g/mol. The van der Waals surface area contributed by atoms with Crippen LogP contribution in [0.15, 0.2) is 54.6 Å². The zero-order valence-corrected chi connectivity index (χ0v) is 13.6. The quantitative estimate of drug-likeness (QED) is 0.636. The van der Waals surface area contributed by atoms with E-state index in [9.17, 15) is 0 Å². The summed E-state index contributed by atoms with van der Waals surface area (Å²) >= 11 is 0. The van der Waals surface area contributed by atoms with Crippen LogP contribution >= 0.6 is 8.58 Å². The Bertz CT molecular complexity index is 568. The van der Waals surface area contributed by atoms with Gasteiger partial charge in [0, 0.05) is 0 Å². The number of rotatable bonds is 5. The Kier molecular flexibility index (Phi) is 5.56. The fraction of sp³-hybridized carbons (Fsp3) is 0.263. The summed E-state index contributed by atoms with van der Waals surface area (Å²) in [7, 11) is 0.861. The Hall–Kier alpha value is -1.39. The molecule has 0 saturated carbocycles. The van der Waals surface area contributed by atoms with Gasteiger partial charge in [-0.15, -0.1) is 0 Å². The maximum absolute atomic E-state index is 2.36. The summed E-state index contributed by atoms with van der Waals surface area (Å²) in [5.74, 6) is 0. The molecule has 0 amide bonds. The Morgan fingerprint density at radius 3 is 2.40 bits per heavy atom. The molecule has 1 unspecified atom stereocenters. The van der Waals surface area contributed by atoms with Crippen LogP contribution in [0.5, 0.6) is 0 Å². The van der Waals surface area contributed by atoms with E-state index in [1.54, 1.807) is 0 Å². The lowest BCUT2D eigenvalue weighted by Gasteiger charge is -2.12. The molecule has 0 aliphatic rings. The first-order chi connectivity index (χ1) is 9.70. The normalized spacial score (nSPS) is 12.0. The van der Waals surface area contributed by atoms with Crippen molar-refractivity contribution in [3.8, 4) is 11.1 Å². The molecule has 0 N–H and O–H groups in total. The molecule has 104 valence electrons. The molecule has 0 aliphatic heterocycles. The van der Waals surface area contributed by atoms with Crippen molar-refractivity contribution in [1.29, 1.82) is 0 Å². The highest BCUT2D eigenvalue weighted by Crippen LogP contribution is 2.26. The summed E-state index contributed by atoms with van der Waals surface area (Å²) in [4.78, 5) is 0. The van der Waals surface area contributed by atoms with Gasteiger partial charge in [-0.25, -0.2) is 0 Å². The third kappa shape index (κ3) is 4.05. The zero-order valence-electron chi connectivity index (χ0n) is 12.6. The maximum atomic E-state index is 2.36. The first kappa shape index (κ1) is 15.0. The van der Waals surface area contributed by atoms with Gasteiger partial charge in [0.05, 0.1) is 0 Å². The van der Waals surface area contributed by atoms with Crippen molar-refractivity contribution in [2.45, 2.75) is 32.9 Å². The highest BCUT2D eigenvalue weighted by Gasteiger charge is 2.05. The number of hydrogen-bond acceptors (Lipinski definition) is 0. The number of allylic oxidation sites excluding steroid dienone is 1. The minimum atomic E-state index is 0.704. The van der Waals surface area contributed by atoms with Crippen molar-refractivity contribution >= 4 is 20.0 Å². The van der Waals surface area contributed by atoms with Gasteiger partial charge in [0.2, 0.25) is 0 Å². The van der Waals surface area contributed by atoms with Gasteiger partial charge in [0.25, 0.3) is 0 Å². The van der Waals surface area contributed by atoms with Crippen LogP contribution in [0.4, 0.5) is 0 Å². The minimum absolute atomic E-state index is 0.704. The number of benzene rings is 2. The molecule has 0 aliphatic carbocycles. The van der Waals surface area contributed by atoms with Gasteiger partial charge < -0.3 is 0 Å². The second-order valence-corrected chi connectivity index (χ2v) is 7.26. The third-order valence-corrected chi connectivity index (χ3v) is 4.46. The van der Waals surface area contributed by atoms with Crippen molar-refractivity contribution in [1.82, 2.24) is 0 Å². The molecule has 0 radical (unpaired) electrons. The summed E-state index contributed by atoms with van der Waals surface area (Å²) in [5.41, 5.74) is 4.70. The maximum Gasteiger partial charge on any atom is -0.0177 e. The smallest absolute Gasteiger partial charge is 0.0177 e. The van der Waals surface area contributed by atoms with E-state index in [-0.39, 0.29) is 0 Å². The van der Waals surface area contributed by atoms with E-state index in [1.165, 1.54) is 22.0 Å². The van der Waals surface area contributed by atoms with Crippen LogP contribution in [0.2, 0.25) is 0 Å². The molecule has 0 saturated heterocycles. The van der Waals surface area contributed by atoms with Crippen molar-refractivity contribution in [3.63, 3.8) is 0 Å². The Morgan fingerprint density at radius 1 is 1.00 bits per heavy atom. The lowest BCUT2D eigenvalue weighted by Crippen LogP contribution is -2.04. The topological polar surface area (TPSA) is 0 Å². The van der Waals surface area contributed by atoms with E-state index in [2.05, 4.69) is 81.5 Å². The standard InChI is InChI=1S/C19H23P/c1-4-5-9-17-12-13-18(14-19(17)20-15(2)3)16-10-7-6-8-11-16/h5-15,20H,4H2,1-3H3/b9-5+. The fourth-order valence-electron chi connectivity index (χ4n) is 2.19. The van der Waals surface area contributed by atoms with E-state index >= 15 is 0 Å².